The second kappa shape index (κ2) is 4.75. The van der Waals surface area contributed by atoms with Gasteiger partial charge in [-0.25, -0.2) is 0 Å². The average Bonchev–Trinajstić information content (AvgIpc) is 2.72. The smallest absolute Gasteiger partial charge is 0.191 e. The molecular formula is C8H15N5S. The van der Waals surface area contributed by atoms with Gasteiger partial charge in [-0.05, 0) is 25.5 Å². The van der Waals surface area contributed by atoms with Gasteiger partial charge in [0.1, 0.15) is 0 Å². The van der Waals surface area contributed by atoms with Gasteiger partial charge in [0.25, 0.3) is 0 Å². The van der Waals surface area contributed by atoms with E-state index in [0.717, 1.165) is 5.82 Å². The zero-order valence-electron chi connectivity index (χ0n) is 8.23. The van der Waals surface area contributed by atoms with Crippen molar-refractivity contribution < 1.29 is 0 Å². The molecule has 2 heterocycles. The van der Waals surface area contributed by atoms with Crippen LogP contribution >= 0.6 is 11.8 Å². The van der Waals surface area contributed by atoms with Crippen molar-refractivity contribution in [2.45, 2.75) is 31.8 Å². The summed E-state index contributed by atoms with van der Waals surface area (Å²) in [5, 5.41) is 17.5. The maximum Gasteiger partial charge on any atom is 0.191 e. The van der Waals surface area contributed by atoms with Gasteiger partial charge in [-0.15, -0.1) is 10.2 Å². The van der Waals surface area contributed by atoms with Crippen LogP contribution in [0.3, 0.4) is 0 Å². The van der Waals surface area contributed by atoms with Crippen LogP contribution in [0.4, 0.5) is 0 Å². The molecule has 1 aromatic heterocycles. The molecule has 0 bridgehead atoms. The van der Waals surface area contributed by atoms with Gasteiger partial charge in [0.2, 0.25) is 0 Å². The Morgan fingerprint density at radius 1 is 1.64 bits per heavy atom. The number of hydrogen-bond acceptors (Lipinski definition) is 5. The van der Waals surface area contributed by atoms with Crippen molar-refractivity contribution in [2.75, 3.05) is 11.5 Å². The number of rotatable bonds is 3. The van der Waals surface area contributed by atoms with Crippen LogP contribution in [0, 0.1) is 0 Å². The summed E-state index contributed by atoms with van der Waals surface area (Å²) in [4.78, 5) is 0. The number of nitrogens with zero attached hydrogens (tertiary/aromatic N) is 3. The molecule has 0 amide bonds. The molecule has 0 spiro atoms. The van der Waals surface area contributed by atoms with E-state index in [1.54, 1.807) is 0 Å². The Labute approximate surface area is 87.4 Å². The lowest BCUT2D eigenvalue weighted by Gasteiger charge is -2.24. The third-order valence-corrected chi connectivity index (χ3v) is 3.61. The van der Waals surface area contributed by atoms with Crippen molar-refractivity contribution in [1.29, 1.82) is 0 Å². The predicted molar refractivity (Wildman–Crippen MR) is 56.1 cm³/mol. The van der Waals surface area contributed by atoms with Crippen LogP contribution in [0.1, 0.15) is 31.6 Å². The van der Waals surface area contributed by atoms with E-state index in [0.29, 0.717) is 6.04 Å². The Kier molecular flexibility index (Phi) is 3.36. The fourth-order valence-corrected chi connectivity index (χ4v) is 2.74. The summed E-state index contributed by atoms with van der Waals surface area (Å²) in [6.07, 6.45) is 2.57. The monoisotopic (exact) mass is 213 g/mol. The Bertz CT molecular complexity index is 257. The van der Waals surface area contributed by atoms with E-state index in [1.165, 1.54) is 24.3 Å². The van der Waals surface area contributed by atoms with E-state index in [4.69, 9.17) is 0 Å². The van der Waals surface area contributed by atoms with Gasteiger partial charge >= 0.3 is 0 Å². The first-order valence-corrected chi connectivity index (χ1v) is 6.09. The summed E-state index contributed by atoms with van der Waals surface area (Å²) in [5.74, 6) is 3.25. The van der Waals surface area contributed by atoms with E-state index < -0.39 is 0 Å². The van der Waals surface area contributed by atoms with E-state index in [9.17, 15) is 0 Å². The Morgan fingerprint density at radius 2 is 2.57 bits per heavy atom. The van der Waals surface area contributed by atoms with Crippen molar-refractivity contribution in [3.8, 4) is 0 Å². The number of hydrogen-bond donors (Lipinski definition) is 2. The molecular weight excluding hydrogens is 198 g/mol. The minimum atomic E-state index is 0.192. The number of tetrazole rings is 1. The Hall–Kier alpha value is -0.620. The summed E-state index contributed by atoms with van der Waals surface area (Å²) < 4.78 is 0. The van der Waals surface area contributed by atoms with Gasteiger partial charge in [0, 0.05) is 11.8 Å². The van der Waals surface area contributed by atoms with Crippen molar-refractivity contribution in [1.82, 2.24) is 25.9 Å². The molecule has 0 aliphatic carbocycles. The molecule has 6 heteroatoms. The highest BCUT2D eigenvalue weighted by molar-refractivity contribution is 7.99. The fourth-order valence-electron chi connectivity index (χ4n) is 1.65. The zero-order valence-corrected chi connectivity index (χ0v) is 9.05. The lowest BCUT2D eigenvalue weighted by Crippen LogP contribution is -2.36. The van der Waals surface area contributed by atoms with Gasteiger partial charge in [-0.2, -0.15) is 17.0 Å². The number of aromatic nitrogens is 4. The Balaban J connectivity index is 1.84. The SMILES string of the molecule is CC(NC1CCCSC1)c1nn[nH]n1. The molecule has 14 heavy (non-hydrogen) atoms. The molecule has 2 unspecified atom stereocenters. The highest BCUT2D eigenvalue weighted by Crippen LogP contribution is 2.19. The Morgan fingerprint density at radius 3 is 3.21 bits per heavy atom. The molecule has 1 saturated heterocycles. The highest BCUT2D eigenvalue weighted by atomic mass is 32.2. The summed E-state index contributed by atoms with van der Waals surface area (Å²) in [5.41, 5.74) is 0. The predicted octanol–water partition coefficient (Wildman–Crippen LogP) is 0.746. The normalized spacial score (nSPS) is 24.8. The van der Waals surface area contributed by atoms with Gasteiger partial charge in [-0.1, -0.05) is 5.21 Å². The second-order valence-corrected chi connectivity index (χ2v) is 4.72. The number of H-pyrrole nitrogens is 1. The molecule has 5 nitrogen and oxygen atoms in total. The van der Waals surface area contributed by atoms with E-state index >= 15 is 0 Å². The molecule has 2 N–H and O–H groups in total. The zero-order chi connectivity index (χ0) is 9.80. The van der Waals surface area contributed by atoms with Crippen molar-refractivity contribution in [3.05, 3.63) is 5.82 Å². The fraction of sp³-hybridized carbons (Fsp3) is 0.875. The van der Waals surface area contributed by atoms with Gasteiger partial charge in [0.05, 0.1) is 6.04 Å². The largest absolute Gasteiger partial charge is 0.304 e. The van der Waals surface area contributed by atoms with E-state index in [1.807, 2.05) is 11.8 Å². The molecule has 0 aromatic carbocycles. The van der Waals surface area contributed by atoms with Gasteiger partial charge in [-0.3, -0.25) is 0 Å². The third-order valence-electron chi connectivity index (χ3n) is 2.40. The molecule has 1 aliphatic rings. The maximum atomic E-state index is 3.97. The lowest BCUT2D eigenvalue weighted by molar-refractivity contribution is 0.440. The molecule has 2 rings (SSSR count). The van der Waals surface area contributed by atoms with Crippen molar-refractivity contribution in [2.24, 2.45) is 0 Å². The maximum absolute atomic E-state index is 3.97. The molecule has 0 saturated carbocycles. The topological polar surface area (TPSA) is 66.5 Å². The summed E-state index contributed by atoms with van der Waals surface area (Å²) in [6, 6.07) is 0.791. The standard InChI is InChI=1S/C8H15N5S/c1-6(8-10-12-13-11-8)9-7-3-2-4-14-5-7/h6-7,9H,2-5H2,1H3,(H,10,11,12,13). The van der Waals surface area contributed by atoms with Crippen LogP contribution in [-0.2, 0) is 0 Å². The summed E-state index contributed by atoms with van der Waals surface area (Å²) in [7, 11) is 0. The van der Waals surface area contributed by atoms with Crippen LogP contribution < -0.4 is 5.32 Å². The van der Waals surface area contributed by atoms with Crippen LogP contribution in [-0.4, -0.2) is 38.2 Å². The number of aromatic amines is 1. The molecule has 78 valence electrons. The van der Waals surface area contributed by atoms with Crippen molar-refractivity contribution >= 4 is 11.8 Å². The lowest BCUT2D eigenvalue weighted by atomic mass is 10.1. The first-order chi connectivity index (χ1) is 6.86. The quantitative estimate of drug-likeness (QED) is 0.775. The second-order valence-electron chi connectivity index (χ2n) is 3.57. The number of thioether (sulfide) groups is 1. The van der Waals surface area contributed by atoms with Crippen LogP contribution in [0.5, 0.6) is 0 Å². The van der Waals surface area contributed by atoms with Crippen LogP contribution in [0.25, 0.3) is 0 Å². The van der Waals surface area contributed by atoms with Gasteiger partial charge in [0.15, 0.2) is 5.82 Å². The highest BCUT2D eigenvalue weighted by Gasteiger charge is 2.18. The van der Waals surface area contributed by atoms with Crippen LogP contribution in [0.2, 0.25) is 0 Å². The molecule has 0 radical (unpaired) electrons. The van der Waals surface area contributed by atoms with E-state index in [2.05, 4.69) is 32.9 Å². The molecule has 1 aromatic rings. The molecule has 2 atom stereocenters. The summed E-state index contributed by atoms with van der Waals surface area (Å²) >= 11 is 2.02. The minimum Gasteiger partial charge on any atom is -0.304 e. The first-order valence-electron chi connectivity index (χ1n) is 4.93. The molecule has 1 fully saturated rings. The average molecular weight is 213 g/mol. The van der Waals surface area contributed by atoms with E-state index in [-0.39, 0.29) is 6.04 Å². The minimum absolute atomic E-state index is 0.192. The van der Waals surface area contributed by atoms with Crippen molar-refractivity contribution in [3.63, 3.8) is 0 Å². The first kappa shape index (κ1) is 9.92. The summed E-state index contributed by atoms with van der Waals surface area (Å²) in [6.45, 7) is 2.07. The number of nitrogens with one attached hydrogen (secondary N) is 2. The van der Waals surface area contributed by atoms with Crippen LogP contribution in [0.15, 0.2) is 0 Å². The third kappa shape index (κ3) is 2.45. The van der Waals surface area contributed by atoms with Gasteiger partial charge < -0.3 is 5.32 Å². The molecule has 1 aliphatic heterocycles.